The summed E-state index contributed by atoms with van der Waals surface area (Å²) in [6.07, 6.45) is 2.59. The van der Waals surface area contributed by atoms with Gasteiger partial charge in [0.15, 0.2) is 0 Å². The van der Waals surface area contributed by atoms with Crippen molar-refractivity contribution in [1.82, 2.24) is 5.32 Å². The molecule has 0 unspecified atom stereocenters. The van der Waals surface area contributed by atoms with Crippen LogP contribution in [0.4, 0.5) is 0 Å². The Balaban J connectivity index is 1.82. The molecule has 3 heteroatoms. The second-order valence-corrected chi connectivity index (χ2v) is 5.56. The van der Waals surface area contributed by atoms with Crippen LogP contribution in [0.5, 0.6) is 5.75 Å². The Morgan fingerprint density at radius 2 is 2.00 bits per heavy atom. The summed E-state index contributed by atoms with van der Waals surface area (Å²) in [4.78, 5) is 0. The lowest BCUT2D eigenvalue weighted by atomic mass is 10.0. The van der Waals surface area contributed by atoms with Crippen molar-refractivity contribution in [3.05, 3.63) is 41.2 Å². The molecule has 0 aliphatic heterocycles. The highest BCUT2D eigenvalue weighted by atomic mass is 16.5. The van der Waals surface area contributed by atoms with Crippen molar-refractivity contribution in [2.75, 3.05) is 7.11 Å². The minimum absolute atomic E-state index is 0.702. The largest absolute Gasteiger partial charge is 0.496 e. The molecule has 0 saturated heterocycles. The maximum atomic E-state index is 5.95. The molecule has 1 fully saturated rings. The minimum Gasteiger partial charge on any atom is -0.496 e. The molecule has 1 heterocycles. The predicted octanol–water partition coefficient (Wildman–Crippen LogP) is 3.82. The lowest BCUT2D eigenvalue weighted by Gasteiger charge is -2.09. The molecular formula is C17H21NO2. The van der Waals surface area contributed by atoms with E-state index in [-0.39, 0.29) is 0 Å². The fourth-order valence-corrected chi connectivity index (χ4v) is 2.43. The second kappa shape index (κ2) is 5.33. The molecule has 3 nitrogen and oxygen atoms in total. The van der Waals surface area contributed by atoms with E-state index in [2.05, 4.69) is 43.4 Å². The number of benzene rings is 1. The standard InChI is InChI=1S/C17H21NO2/c1-11-9-17(19-3)12(2)8-15(11)16-7-6-14(20-16)10-18-13-4-5-13/h6-9,13,18H,4-5,10H2,1-3H3. The van der Waals surface area contributed by atoms with Gasteiger partial charge in [0.05, 0.1) is 13.7 Å². The number of hydrogen-bond donors (Lipinski definition) is 1. The summed E-state index contributed by atoms with van der Waals surface area (Å²) in [5.41, 5.74) is 3.44. The van der Waals surface area contributed by atoms with Crippen LogP contribution in [0.1, 0.15) is 29.7 Å². The molecule has 2 aromatic rings. The molecule has 1 N–H and O–H groups in total. The van der Waals surface area contributed by atoms with E-state index in [9.17, 15) is 0 Å². The summed E-state index contributed by atoms with van der Waals surface area (Å²) in [6, 6.07) is 9.01. The van der Waals surface area contributed by atoms with E-state index in [1.54, 1.807) is 7.11 Å². The van der Waals surface area contributed by atoms with Crippen LogP contribution < -0.4 is 10.1 Å². The van der Waals surface area contributed by atoms with Gasteiger partial charge in [-0.05, 0) is 62.1 Å². The van der Waals surface area contributed by atoms with Crippen molar-refractivity contribution in [3.8, 4) is 17.1 Å². The molecule has 1 aromatic heterocycles. The van der Waals surface area contributed by atoms with Crippen molar-refractivity contribution in [1.29, 1.82) is 0 Å². The summed E-state index contributed by atoms with van der Waals surface area (Å²) in [5.74, 6) is 2.86. The maximum absolute atomic E-state index is 5.95. The van der Waals surface area contributed by atoms with Gasteiger partial charge in [0, 0.05) is 11.6 Å². The zero-order valence-electron chi connectivity index (χ0n) is 12.3. The van der Waals surface area contributed by atoms with Crippen LogP contribution in [0, 0.1) is 13.8 Å². The fraction of sp³-hybridized carbons (Fsp3) is 0.412. The number of rotatable bonds is 5. The van der Waals surface area contributed by atoms with Gasteiger partial charge in [-0.3, -0.25) is 0 Å². The van der Waals surface area contributed by atoms with Gasteiger partial charge >= 0.3 is 0 Å². The van der Waals surface area contributed by atoms with Crippen LogP contribution in [-0.4, -0.2) is 13.2 Å². The highest BCUT2D eigenvalue weighted by Crippen LogP contribution is 2.31. The number of hydrogen-bond acceptors (Lipinski definition) is 3. The van der Waals surface area contributed by atoms with Gasteiger partial charge in [0.1, 0.15) is 17.3 Å². The van der Waals surface area contributed by atoms with Crippen molar-refractivity contribution in [2.24, 2.45) is 0 Å². The van der Waals surface area contributed by atoms with E-state index < -0.39 is 0 Å². The average Bonchev–Trinajstić information content (AvgIpc) is 3.16. The van der Waals surface area contributed by atoms with Gasteiger partial charge in [0.2, 0.25) is 0 Å². The van der Waals surface area contributed by atoms with Crippen LogP contribution in [0.25, 0.3) is 11.3 Å². The molecule has 0 bridgehead atoms. The summed E-state index contributed by atoms with van der Waals surface area (Å²) in [5, 5.41) is 3.47. The first kappa shape index (κ1) is 13.3. The van der Waals surface area contributed by atoms with Gasteiger partial charge in [-0.25, -0.2) is 0 Å². The molecule has 1 aromatic carbocycles. The highest BCUT2D eigenvalue weighted by Gasteiger charge is 2.20. The Morgan fingerprint density at radius 3 is 2.70 bits per heavy atom. The molecule has 106 valence electrons. The number of nitrogens with one attached hydrogen (secondary N) is 1. The second-order valence-electron chi connectivity index (χ2n) is 5.56. The maximum Gasteiger partial charge on any atom is 0.134 e. The van der Waals surface area contributed by atoms with Gasteiger partial charge in [-0.2, -0.15) is 0 Å². The molecule has 0 radical (unpaired) electrons. The lowest BCUT2D eigenvalue weighted by molar-refractivity contribution is 0.411. The Morgan fingerprint density at radius 1 is 1.20 bits per heavy atom. The summed E-state index contributed by atoms with van der Waals surface area (Å²) in [6.45, 7) is 4.96. The Bertz CT molecular complexity index is 611. The summed E-state index contributed by atoms with van der Waals surface area (Å²) >= 11 is 0. The molecule has 3 rings (SSSR count). The number of furan rings is 1. The molecule has 1 aliphatic rings. The zero-order chi connectivity index (χ0) is 14.1. The third kappa shape index (κ3) is 2.73. The number of methoxy groups -OCH3 is 1. The van der Waals surface area contributed by atoms with Crippen LogP contribution in [0.15, 0.2) is 28.7 Å². The third-order valence-corrected chi connectivity index (χ3v) is 3.81. The van der Waals surface area contributed by atoms with E-state index in [1.165, 1.54) is 18.4 Å². The molecule has 0 spiro atoms. The van der Waals surface area contributed by atoms with E-state index in [4.69, 9.17) is 9.15 Å². The van der Waals surface area contributed by atoms with E-state index >= 15 is 0 Å². The van der Waals surface area contributed by atoms with Gasteiger partial charge in [0.25, 0.3) is 0 Å². The van der Waals surface area contributed by atoms with Crippen molar-refractivity contribution in [3.63, 3.8) is 0 Å². The van der Waals surface area contributed by atoms with Crippen molar-refractivity contribution >= 4 is 0 Å². The minimum atomic E-state index is 0.702. The quantitative estimate of drug-likeness (QED) is 0.897. The molecule has 1 aliphatic carbocycles. The number of ether oxygens (including phenoxy) is 1. The highest BCUT2D eigenvalue weighted by molar-refractivity contribution is 5.65. The first-order valence-electron chi connectivity index (χ1n) is 7.15. The first-order chi connectivity index (χ1) is 9.67. The van der Waals surface area contributed by atoms with Crippen LogP contribution in [-0.2, 0) is 6.54 Å². The topological polar surface area (TPSA) is 34.4 Å². The Hall–Kier alpha value is -1.74. The monoisotopic (exact) mass is 271 g/mol. The smallest absolute Gasteiger partial charge is 0.134 e. The third-order valence-electron chi connectivity index (χ3n) is 3.81. The van der Waals surface area contributed by atoms with Crippen LogP contribution in [0.2, 0.25) is 0 Å². The lowest BCUT2D eigenvalue weighted by Crippen LogP contribution is -2.14. The van der Waals surface area contributed by atoms with Crippen LogP contribution >= 0.6 is 0 Å². The molecule has 20 heavy (non-hydrogen) atoms. The van der Waals surface area contributed by atoms with Gasteiger partial charge < -0.3 is 14.5 Å². The SMILES string of the molecule is COc1cc(C)c(-c2ccc(CNC3CC3)o2)cc1C. The molecule has 1 saturated carbocycles. The molecule has 0 atom stereocenters. The normalized spacial score (nSPS) is 14.6. The summed E-state index contributed by atoms with van der Waals surface area (Å²) < 4.78 is 11.3. The number of aryl methyl sites for hydroxylation is 2. The van der Waals surface area contributed by atoms with E-state index in [0.717, 1.165) is 34.9 Å². The molecular weight excluding hydrogens is 250 g/mol. The van der Waals surface area contributed by atoms with E-state index in [0.29, 0.717) is 6.04 Å². The first-order valence-corrected chi connectivity index (χ1v) is 7.15. The molecule has 0 amide bonds. The van der Waals surface area contributed by atoms with Gasteiger partial charge in [-0.15, -0.1) is 0 Å². The Kier molecular flexibility index (Phi) is 3.53. The van der Waals surface area contributed by atoms with Crippen molar-refractivity contribution in [2.45, 2.75) is 39.3 Å². The van der Waals surface area contributed by atoms with Crippen molar-refractivity contribution < 1.29 is 9.15 Å². The summed E-state index contributed by atoms with van der Waals surface area (Å²) in [7, 11) is 1.70. The predicted molar refractivity (Wildman–Crippen MR) is 80.0 cm³/mol. The Labute approximate surface area is 119 Å². The fourth-order valence-electron chi connectivity index (χ4n) is 2.43. The average molecular weight is 271 g/mol. The zero-order valence-corrected chi connectivity index (χ0v) is 12.3. The van der Waals surface area contributed by atoms with Gasteiger partial charge in [-0.1, -0.05) is 0 Å². The van der Waals surface area contributed by atoms with Crippen LogP contribution in [0.3, 0.4) is 0 Å². The van der Waals surface area contributed by atoms with E-state index in [1.807, 2.05) is 0 Å².